The number of anilines is 2. The predicted octanol–water partition coefficient (Wildman–Crippen LogP) is 5.14. The third-order valence-electron chi connectivity index (χ3n) is 3.98. The number of nitrogens with zero attached hydrogens (tertiary/aromatic N) is 2. The smallest absolute Gasteiger partial charge is 0.163 e. The van der Waals surface area contributed by atoms with Gasteiger partial charge < -0.3 is 10.6 Å². The van der Waals surface area contributed by atoms with Crippen LogP contribution >= 0.6 is 0 Å². The van der Waals surface area contributed by atoms with Crippen molar-refractivity contribution in [2.45, 2.75) is 26.3 Å². The van der Waals surface area contributed by atoms with Gasteiger partial charge in [-0.15, -0.1) is 0 Å². The van der Waals surface area contributed by atoms with Crippen molar-refractivity contribution in [3.8, 4) is 11.4 Å². The van der Waals surface area contributed by atoms with E-state index >= 15 is 0 Å². The molecule has 1 aromatic heterocycles. The van der Waals surface area contributed by atoms with Crippen molar-refractivity contribution in [2.24, 2.45) is 0 Å². The molecule has 0 bridgehead atoms. The van der Waals surface area contributed by atoms with Crippen molar-refractivity contribution < 1.29 is 0 Å². The molecule has 4 heteroatoms. The molecule has 0 aliphatic rings. The topological polar surface area (TPSA) is 49.8 Å². The van der Waals surface area contributed by atoms with Gasteiger partial charge in [-0.05, 0) is 18.9 Å². The van der Waals surface area contributed by atoms with Crippen LogP contribution in [0.5, 0.6) is 0 Å². The van der Waals surface area contributed by atoms with Crippen LogP contribution in [0.2, 0.25) is 0 Å². The Bertz CT molecular complexity index is 788. The van der Waals surface area contributed by atoms with Crippen molar-refractivity contribution in [3.05, 3.63) is 72.3 Å². The Morgan fingerprint density at radius 1 is 0.880 bits per heavy atom. The van der Waals surface area contributed by atoms with Crippen LogP contribution in [0.1, 0.15) is 31.9 Å². The number of nitrogens with one attached hydrogen (secondary N) is 2. The summed E-state index contributed by atoms with van der Waals surface area (Å²) in [6.45, 7) is 5.17. The molecule has 0 spiro atoms. The van der Waals surface area contributed by atoms with Gasteiger partial charge in [-0.1, -0.05) is 67.6 Å². The second kappa shape index (κ2) is 8.29. The Morgan fingerprint density at radius 2 is 1.52 bits per heavy atom. The lowest BCUT2D eigenvalue weighted by Gasteiger charge is -2.17. The van der Waals surface area contributed by atoms with E-state index < -0.39 is 0 Å². The Balaban J connectivity index is 1.89. The van der Waals surface area contributed by atoms with Gasteiger partial charge >= 0.3 is 0 Å². The highest BCUT2D eigenvalue weighted by molar-refractivity contribution is 5.61. The Kier molecular flexibility index (Phi) is 5.62. The average Bonchev–Trinajstić information content (AvgIpc) is 2.67. The molecular formula is C21H24N4. The van der Waals surface area contributed by atoms with Crippen LogP contribution in [0.3, 0.4) is 0 Å². The number of hydrogen-bond donors (Lipinski definition) is 2. The summed E-state index contributed by atoms with van der Waals surface area (Å²) in [5.41, 5.74) is 2.24. The van der Waals surface area contributed by atoms with Crippen LogP contribution in [0.4, 0.5) is 11.6 Å². The van der Waals surface area contributed by atoms with Crippen LogP contribution in [0, 0.1) is 0 Å². The highest BCUT2D eigenvalue weighted by atomic mass is 15.1. The maximum atomic E-state index is 4.71. The van der Waals surface area contributed by atoms with E-state index in [0.717, 1.165) is 36.0 Å². The van der Waals surface area contributed by atoms with Crippen LogP contribution in [-0.2, 0) is 0 Å². The summed E-state index contributed by atoms with van der Waals surface area (Å²) in [5, 5.41) is 6.86. The first-order chi connectivity index (χ1) is 12.3. The van der Waals surface area contributed by atoms with Crippen LogP contribution < -0.4 is 10.6 Å². The summed E-state index contributed by atoms with van der Waals surface area (Å²) >= 11 is 0. The van der Waals surface area contributed by atoms with Crippen LogP contribution in [0.25, 0.3) is 11.4 Å². The van der Waals surface area contributed by atoms with E-state index in [1.165, 1.54) is 5.56 Å². The molecule has 3 rings (SSSR count). The number of rotatable bonds is 7. The van der Waals surface area contributed by atoms with Crippen LogP contribution in [0.15, 0.2) is 66.7 Å². The SMILES string of the molecule is CCCNc1cc(NC(C)c2ccccc2)nc(-c2ccccc2)n1. The quantitative estimate of drug-likeness (QED) is 0.629. The highest BCUT2D eigenvalue weighted by Crippen LogP contribution is 2.23. The largest absolute Gasteiger partial charge is 0.370 e. The second-order valence-corrected chi connectivity index (χ2v) is 6.03. The van der Waals surface area contributed by atoms with E-state index in [9.17, 15) is 0 Å². The molecule has 0 fully saturated rings. The van der Waals surface area contributed by atoms with Crippen LogP contribution in [-0.4, -0.2) is 16.5 Å². The fourth-order valence-corrected chi connectivity index (χ4v) is 2.63. The van der Waals surface area contributed by atoms with Gasteiger partial charge in [0.1, 0.15) is 11.6 Å². The normalized spacial score (nSPS) is 11.8. The number of benzene rings is 2. The maximum Gasteiger partial charge on any atom is 0.163 e. The van der Waals surface area contributed by atoms with Gasteiger partial charge in [0.05, 0.1) is 0 Å². The lowest BCUT2D eigenvalue weighted by molar-refractivity contribution is 0.872. The molecule has 3 aromatic rings. The maximum absolute atomic E-state index is 4.71. The summed E-state index contributed by atoms with van der Waals surface area (Å²) in [6, 6.07) is 22.6. The Hall–Kier alpha value is -2.88. The zero-order valence-corrected chi connectivity index (χ0v) is 14.7. The minimum atomic E-state index is 0.166. The zero-order chi connectivity index (χ0) is 17.5. The number of hydrogen-bond acceptors (Lipinski definition) is 4. The predicted molar refractivity (Wildman–Crippen MR) is 105 cm³/mol. The molecule has 128 valence electrons. The summed E-state index contributed by atoms with van der Waals surface area (Å²) < 4.78 is 0. The first-order valence-corrected chi connectivity index (χ1v) is 8.76. The molecule has 0 saturated carbocycles. The van der Waals surface area contributed by atoms with Crippen molar-refractivity contribution in [2.75, 3.05) is 17.2 Å². The fraction of sp³-hybridized carbons (Fsp3) is 0.238. The van der Waals surface area contributed by atoms with Gasteiger partial charge in [0.2, 0.25) is 0 Å². The first-order valence-electron chi connectivity index (χ1n) is 8.76. The Labute approximate surface area is 149 Å². The lowest BCUT2D eigenvalue weighted by Crippen LogP contribution is -2.10. The average molecular weight is 332 g/mol. The Morgan fingerprint density at radius 3 is 2.20 bits per heavy atom. The minimum absolute atomic E-state index is 0.166. The molecule has 2 N–H and O–H groups in total. The highest BCUT2D eigenvalue weighted by Gasteiger charge is 2.10. The molecule has 0 amide bonds. The number of aromatic nitrogens is 2. The molecule has 0 aliphatic heterocycles. The summed E-state index contributed by atoms with van der Waals surface area (Å²) in [7, 11) is 0. The molecular weight excluding hydrogens is 308 g/mol. The standard InChI is InChI=1S/C21H24N4/c1-3-14-22-19-15-20(23-16(2)17-10-6-4-7-11-17)25-21(24-19)18-12-8-5-9-13-18/h4-13,15-16H,3,14H2,1-2H3,(H2,22,23,24,25). The van der Waals surface area contributed by atoms with Crippen molar-refractivity contribution in [1.29, 1.82) is 0 Å². The summed E-state index contributed by atoms with van der Waals surface area (Å²) in [6.07, 6.45) is 1.05. The third-order valence-corrected chi connectivity index (χ3v) is 3.98. The summed E-state index contributed by atoms with van der Waals surface area (Å²) in [4.78, 5) is 9.37. The molecule has 2 aromatic carbocycles. The van der Waals surface area contributed by atoms with E-state index in [0.29, 0.717) is 0 Å². The third kappa shape index (κ3) is 4.57. The first kappa shape index (κ1) is 17.0. The van der Waals surface area contributed by atoms with Gasteiger partial charge in [0.25, 0.3) is 0 Å². The fourth-order valence-electron chi connectivity index (χ4n) is 2.63. The molecule has 25 heavy (non-hydrogen) atoms. The molecule has 0 radical (unpaired) electrons. The van der Waals surface area contributed by atoms with Gasteiger partial charge in [-0.2, -0.15) is 0 Å². The summed E-state index contributed by atoms with van der Waals surface area (Å²) in [5.74, 6) is 2.40. The van der Waals surface area contributed by atoms with E-state index in [4.69, 9.17) is 4.98 Å². The molecule has 1 heterocycles. The molecule has 4 nitrogen and oxygen atoms in total. The van der Waals surface area contributed by atoms with Gasteiger partial charge in [-0.25, -0.2) is 9.97 Å². The second-order valence-electron chi connectivity index (χ2n) is 6.03. The van der Waals surface area contributed by atoms with E-state index in [1.54, 1.807) is 0 Å². The zero-order valence-electron chi connectivity index (χ0n) is 14.7. The molecule has 0 saturated heterocycles. The van der Waals surface area contributed by atoms with E-state index in [-0.39, 0.29) is 6.04 Å². The molecule has 0 aliphatic carbocycles. The van der Waals surface area contributed by atoms with E-state index in [1.807, 2.05) is 42.5 Å². The minimum Gasteiger partial charge on any atom is -0.370 e. The molecule has 1 unspecified atom stereocenters. The van der Waals surface area contributed by atoms with Gasteiger partial charge in [0.15, 0.2) is 5.82 Å². The van der Waals surface area contributed by atoms with Crippen molar-refractivity contribution in [3.63, 3.8) is 0 Å². The van der Waals surface area contributed by atoms with Gasteiger partial charge in [-0.3, -0.25) is 0 Å². The molecule has 1 atom stereocenters. The lowest BCUT2D eigenvalue weighted by atomic mass is 10.1. The van der Waals surface area contributed by atoms with Crippen molar-refractivity contribution >= 4 is 11.6 Å². The van der Waals surface area contributed by atoms with E-state index in [2.05, 4.69) is 53.7 Å². The monoisotopic (exact) mass is 332 g/mol. The van der Waals surface area contributed by atoms with Crippen molar-refractivity contribution in [1.82, 2.24) is 9.97 Å². The van der Waals surface area contributed by atoms with Gasteiger partial charge in [0, 0.05) is 24.2 Å².